The predicted molar refractivity (Wildman–Crippen MR) is 51.6 cm³/mol. The summed E-state index contributed by atoms with van der Waals surface area (Å²) in [6, 6.07) is 12.3. The molecular weight excluding hydrogens is 200 g/mol. The van der Waals surface area contributed by atoms with E-state index in [0.29, 0.717) is 6.04 Å². The highest BCUT2D eigenvalue weighted by Gasteiger charge is 1.93. The molecule has 0 saturated heterocycles. The molecular formula is C10H7Br. The Kier molecular flexibility index (Phi) is 1.40. The molecule has 2 aromatic carbocycles. The average molecular weight is 208 g/mol. The van der Waals surface area contributed by atoms with Crippen molar-refractivity contribution < 1.29 is 1.37 Å². The summed E-state index contributed by atoms with van der Waals surface area (Å²) in [5.41, 5.74) is 0. The molecule has 0 fully saturated rings. The molecule has 0 nitrogen and oxygen atoms in total. The third-order valence-electron chi connectivity index (χ3n) is 1.67. The fourth-order valence-electron chi connectivity index (χ4n) is 1.12. The maximum absolute atomic E-state index is 7.55. The van der Waals surface area contributed by atoms with Crippen LogP contribution < -0.4 is 0 Å². The van der Waals surface area contributed by atoms with Crippen LogP contribution in [0.25, 0.3) is 10.8 Å². The maximum Gasteiger partial charge on any atom is 0.0635 e. The van der Waals surface area contributed by atoms with Crippen LogP contribution in [-0.2, 0) is 0 Å². The Morgan fingerprint density at radius 1 is 1.09 bits per heavy atom. The molecule has 54 valence electrons. The van der Waals surface area contributed by atoms with E-state index in [2.05, 4.69) is 15.9 Å². The molecule has 0 aliphatic heterocycles. The van der Waals surface area contributed by atoms with Crippen molar-refractivity contribution in [3.8, 4) is 0 Å². The van der Waals surface area contributed by atoms with E-state index < -0.39 is 0 Å². The topological polar surface area (TPSA) is 0 Å². The summed E-state index contributed by atoms with van der Waals surface area (Å²) < 4.78 is 8.43. The van der Waals surface area contributed by atoms with Gasteiger partial charge in [0.2, 0.25) is 0 Å². The molecule has 0 amide bonds. The molecule has 0 saturated carbocycles. The van der Waals surface area contributed by atoms with Gasteiger partial charge in [0, 0.05) is 4.47 Å². The molecule has 0 heterocycles. The lowest BCUT2D eigenvalue weighted by Gasteiger charge is -1.97. The first-order valence-electron chi connectivity index (χ1n) is 3.93. The molecule has 0 unspecified atom stereocenters. The van der Waals surface area contributed by atoms with E-state index in [4.69, 9.17) is 1.37 Å². The van der Waals surface area contributed by atoms with Gasteiger partial charge in [0.15, 0.2) is 0 Å². The van der Waals surface area contributed by atoms with Crippen molar-refractivity contribution in [1.29, 1.82) is 0 Å². The SMILES string of the molecule is [2H]c1ccc2ccccc2c1Br. The van der Waals surface area contributed by atoms with Crippen LogP contribution in [-0.4, -0.2) is 0 Å². The van der Waals surface area contributed by atoms with Gasteiger partial charge in [0.1, 0.15) is 0 Å². The minimum atomic E-state index is 0.536. The average Bonchev–Trinajstić information content (AvgIpc) is 2.12. The minimum absolute atomic E-state index is 0.536. The lowest BCUT2D eigenvalue weighted by Crippen LogP contribution is -1.71. The Balaban J connectivity index is 2.91. The summed E-state index contributed by atoms with van der Waals surface area (Å²) in [5, 5.41) is 2.27. The summed E-state index contributed by atoms with van der Waals surface area (Å²) in [4.78, 5) is 0. The second kappa shape index (κ2) is 2.67. The fourth-order valence-corrected chi connectivity index (χ4v) is 1.62. The highest BCUT2D eigenvalue weighted by molar-refractivity contribution is 9.10. The van der Waals surface area contributed by atoms with E-state index in [-0.39, 0.29) is 0 Å². The summed E-state index contributed by atoms with van der Waals surface area (Å²) in [6.07, 6.45) is 0. The quantitative estimate of drug-likeness (QED) is 0.620. The van der Waals surface area contributed by atoms with E-state index in [9.17, 15) is 0 Å². The van der Waals surface area contributed by atoms with E-state index in [1.165, 1.54) is 5.39 Å². The van der Waals surface area contributed by atoms with Gasteiger partial charge in [-0.3, -0.25) is 0 Å². The Hall–Kier alpha value is -0.820. The summed E-state index contributed by atoms with van der Waals surface area (Å²) in [7, 11) is 0. The van der Waals surface area contributed by atoms with E-state index in [1.54, 1.807) is 6.07 Å². The van der Waals surface area contributed by atoms with E-state index in [1.807, 2.05) is 30.3 Å². The molecule has 1 heteroatoms. The van der Waals surface area contributed by atoms with Crippen molar-refractivity contribution in [1.82, 2.24) is 0 Å². The standard InChI is InChI=1S/C10H7Br/c11-10-7-3-5-8-4-1-2-6-9(8)10/h1-7H/i7D. The van der Waals surface area contributed by atoms with Crippen LogP contribution >= 0.6 is 15.9 Å². The fraction of sp³-hybridized carbons (Fsp3) is 0. The van der Waals surface area contributed by atoms with Gasteiger partial charge in [-0.05, 0) is 16.8 Å². The van der Waals surface area contributed by atoms with Crippen molar-refractivity contribution in [3.05, 3.63) is 46.9 Å². The molecule has 0 N–H and O–H groups in total. The maximum atomic E-state index is 7.55. The Morgan fingerprint density at radius 3 is 2.73 bits per heavy atom. The van der Waals surface area contributed by atoms with Gasteiger partial charge < -0.3 is 0 Å². The number of halogens is 1. The summed E-state index contributed by atoms with van der Waals surface area (Å²) >= 11 is 3.39. The molecule has 0 aromatic heterocycles. The zero-order valence-electron chi connectivity index (χ0n) is 6.84. The molecule has 2 aromatic rings. The monoisotopic (exact) mass is 207 g/mol. The molecule has 2 rings (SSSR count). The van der Waals surface area contributed by atoms with Gasteiger partial charge in [-0.25, -0.2) is 0 Å². The molecule has 0 radical (unpaired) electrons. The van der Waals surface area contributed by atoms with Crippen molar-refractivity contribution in [3.63, 3.8) is 0 Å². The first-order chi connectivity index (χ1) is 5.79. The second-order valence-electron chi connectivity index (χ2n) is 2.38. The van der Waals surface area contributed by atoms with Crippen LogP contribution in [0.5, 0.6) is 0 Å². The largest absolute Gasteiger partial charge is 0.0635 e. The molecule has 11 heavy (non-hydrogen) atoms. The highest BCUT2D eigenvalue weighted by atomic mass is 79.9. The van der Waals surface area contributed by atoms with Gasteiger partial charge in [0.05, 0.1) is 1.37 Å². The second-order valence-corrected chi connectivity index (χ2v) is 3.17. The van der Waals surface area contributed by atoms with Gasteiger partial charge in [-0.2, -0.15) is 0 Å². The first-order valence-corrected chi connectivity index (χ1v) is 4.22. The van der Waals surface area contributed by atoms with Crippen molar-refractivity contribution in [2.45, 2.75) is 0 Å². The Morgan fingerprint density at radius 2 is 1.82 bits per heavy atom. The van der Waals surface area contributed by atoms with Crippen LogP contribution in [0.15, 0.2) is 46.9 Å². The van der Waals surface area contributed by atoms with Crippen LogP contribution in [0.2, 0.25) is 0 Å². The van der Waals surface area contributed by atoms with E-state index in [0.717, 1.165) is 9.86 Å². The Bertz CT molecular complexity index is 423. The number of rotatable bonds is 0. The zero-order chi connectivity index (χ0) is 8.55. The summed E-state index contributed by atoms with van der Waals surface area (Å²) in [5.74, 6) is 0. The van der Waals surface area contributed by atoms with Crippen LogP contribution in [0, 0.1) is 0 Å². The normalized spacial score (nSPS) is 11.5. The van der Waals surface area contributed by atoms with Crippen molar-refractivity contribution >= 4 is 26.7 Å². The smallest absolute Gasteiger partial charge is 0.0616 e. The molecule has 0 aliphatic rings. The van der Waals surface area contributed by atoms with E-state index >= 15 is 0 Å². The number of fused-ring (bicyclic) bond motifs is 1. The lowest BCUT2D eigenvalue weighted by atomic mass is 10.1. The highest BCUT2D eigenvalue weighted by Crippen LogP contribution is 2.22. The van der Waals surface area contributed by atoms with Crippen molar-refractivity contribution in [2.24, 2.45) is 0 Å². The minimum Gasteiger partial charge on any atom is -0.0616 e. The number of hydrogen-bond donors (Lipinski definition) is 0. The lowest BCUT2D eigenvalue weighted by molar-refractivity contribution is 1.71. The number of hydrogen-bond acceptors (Lipinski definition) is 0. The van der Waals surface area contributed by atoms with Gasteiger partial charge in [-0.15, -0.1) is 0 Å². The molecule has 0 spiro atoms. The van der Waals surface area contributed by atoms with Crippen LogP contribution in [0.1, 0.15) is 1.37 Å². The zero-order valence-corrected chi connectivity index (χ0v) is 7.43. The van der Waals surface area contributed by atoms with Crippen molar-refractivity contribution in [2.75, 3.05) is 0 Å². The summed E-state index contributed by atoms with van der Waals surface area (Å²) in [6.45, 7) is 0. The van der Waals surface area contributed by atoms with Crippen LogP contribution in [0.3, 0.4) is 0 Å². The molecule has 0 atom stereocenters. The van der Waals surface area contributed by atoms with Crippen LogP contribution in [0.4, 0.5) is 0 Å². The number of benzene rings is 2. The molecule has 0 bridgehead atoms. The third-order valence-corrected chi connectivity index (χ3v) is 2.33. The van der Waals surface area contributed by atoms with Gasteiger partial charge in [-0.1, -0.05) is 52.3 Å². The predicted octanol–water partition coefficient (Wildman–Crippen LogP) is 3.60. The van der Waals surface area contributed by atoms with Gasteiger partial charge in [0.25, 0.3) is 0 Å². The first kappa shape index (κ1) is 5.78. The third kappa shape index (κ3) is 1.16. The van der Waals surface area contributed by atoms with Gasteiger partial charge >= 0.3 is 0 Å². The Labute approximate surface area is 75.4 Å². The molecule has 0 aliphatic carbocycles.